The van der Waals surface area contributed by atoms with E-state index in [2.05, 4.69) is 67.6 Å². The molecule has 0 amide bonds. The summed E-state index contributed by atoms with van der Waals surface area (Å²) in [6, 6.07) is 33.0. The van der Waals surface area contributed by atoms with Crippen LogP contribution in [-0.4, -0.2) is 13.9 Å². The smallest absolute Gasteiger partial charge is 0.494 e. The van der Waals surface area contributed by atoms with Crippen LogP contribution in [0.1, 0.15) is 26.2 Å². The molecule has 0 N–H and O–H groups in total. The SMILES string of the molecule is CCCCCOc1ccc(-c2cc(-c3ccccc3)cc(-c3ccccc3)[o+]2)cc1.F[B-](F)(F)F. The van der Waals surface area contributed by atoms with Gasteiger partial charge in [0.15, 0.2) is 0 Å². The minimum Gasteiger partial charge on any atom is -0.494 e. The monoisotopic (exact) mass is 482 g/mol. The van der Waals surface area contributed by atoms with Crippen molar-refractivity contribution in [3.8, 4) is 39.5 Å². The van der Waals surface area contributed by atoms with Gasteiger partial charge in [0.2, 0.25) is 0 Å². The largest absolute Gasteiger partial charge is 0.673 e. The van der Waals surface area contributed by atoms with Gasteiger partial charge in [0, 0.05) is 5.56 Å². The summed E-state index contributed by atoms with van der Waals surface area (Å²) in [5.41, 5.74) is 4.40. The predicted molar refractivity (Wildman–Crippen MR) is 135 cm³/mol. The van der Waals surface area contributed by atoms with Crippen LogP contribution in [0.15, 0.2) is 101 Å². The molecule has 4 rings (SSSR count). The van der Waals surface area contributed by atoms with Gasteiger partial charge < -0.3 is 22.0 Å². The van der Waals surface area contributed by atoms with Crippen molar-refractivity contribution < 1.29 is 26.4 Å². The highest BCUT2D eigenvalue weighted by Crippen LogP contribution is 2.33. The van der Waals surface area contributed by atoms with E-state index < -0.39 is 7.25 Å². The molecule has 0 bridgehead atoms. The molecule has 0 spiro atoms. The van der Waals surface area contributed by atoms with Gasteiger partial charge in [-0.15, -0.1) is 0 Å². The van der Waals surface area contributed by atoms with Crippen LogP contribution in [0.3, 0.4) is 0 Å². The van der Waals surface area contributed by atoms with Crippen molar-refractivity contribution >= 4 is 7.25 Å². The molecule has 4 aromatic rings. The molecule has 0 fully saturated rings. The summed E-state index contributed by atoms with van der Waals surface area (Å²) in [5, 5.41) is 0. The maximum absolute atomic E-state index is 9.75. The Hall–Kier alpha value is -3.61. The fourth-order valence-corrected chi connectivity index (χ4v) is 3.44. The van der Waals surface area contributed by atoms with E-state index in [-0.39, 0.29) is 0 Å². The molecular weight excluding hydrogens is 455 g/mol. The molecule has 0 unspecified atom stereocenters. The van der Waals surface area contributed by atoms with Gasteiger partial charge in [-0.2, -0.15) is 0 Å². The number of hydrogen-bond donors (Lipinski definition) is 0. The number of ether oxygens (including phenoxy) is 1. The number of rotatable bonds is 8. The first kappa shape index (κ1) is 26.0. The maximum Gasteiger partial charge on any atom is 0.673 e. The molecule has 0 radical (unpaired) electrons. The lowest BCUT2D eigenvalue weighted by molar-refractivity contribution is 0.306. The lowest BCUT2D eigenvalue weighted by Gasteiger charge is -2.06. The van der Waals surface area contributed by atoms with Crippen LogP contribution in [0.4, 0.5) is 17.3 Å². The quantitative estimate of drug-likeness (QED) is 0.108. The molecule has 1 heterocycles. The van der Waals surface area contributed by atoms with Crippen LogP contribution in [0.5, 0.6) is 5.75 Å². The molecule has 182 valence electrons. The van der Waals surface area contributed by atoms with Crippen molar-refractivity contribution in [2.24, 2.45) is 0 Å². The van der Waals surface area contributed by atoms with Gasteiger partial charge >= 0.3 is 18.8 Å². The van der Waals surface area contributed by atoms with Crippen molar-refractivity contribution in [1.29, 1.82) is 0 Å². The summed E-state index contributed by atoms with van der Waals surface area (Å²) in [4.78, 5) is 0. The lowest BCUT2D eigenvalue weighted by atomic mass is 10.0. The summed E-state index contributed by atoms with van der Waals surface area (Å²) >= 11 is 0. The number of unbranched alkanes of at least 4 members (excludes halogenated alkanes) is 2. The van der Waals surface area contributed by atoms with Gasteiger partial charge in [0.1, 0.15) is 5.75 Å². The van der Waals surface area contributed by atoms with Crippen LogP contribution in [0.2, 0.25) is 0 Å². The Bertz CT molecular complexity index is 1100. The van der Waals surface area contributed by atoms with Gasteiger partial charge in [-0.05, 0) is 48.4 Å². The molecule has 2 nitrogen and oxygen atoms in total. The van der Waals surface area contributed by atoms with E-state index in [1.165, 1.54) is 18.4 Å². The molecule has 0 aliphatic heterocycles. The van der Waals surface area contributed by atoms with Gasteiger partial charge in [-0.1, -0.05) is 68.3 Å². The predicted octanol–water partition coefficient (Wildman–Crippen LogP) is 9.43. The Morgan fingerprint density at radius 1 is 0.629 bits per heavy atom. The van der Waals surface area contributed by atoms with Crippen molar-refractivity contribution in [3.05, 3.63) is 97.1 Å². The second-order valence-corrected chi connectivity index (χ2v) is 7.88. The lowest BCUT2D eigenvalue weighted by Crippen LogP contribution is -2.02. The number of benzene rings is 3. The first-order valence-electron chi connectivity index (χ1n) is 11.5. The normalized spacial score (nSPS) is 10.9. The third kappa shape index (κ3) is 8.93. The highest BCUT2D eigenvalue weighted by atomic mass is 19.5. The minimum absolute atomic E-state index is 0.763. The molecule has 3 aromatic carbocycles. The van der Waals surface area contributed by atoms with Gasteiger partial charge in [0.05, 0.1) is 29.9 Å². The zero-order chi connectivity index (χ0) is 25.1. The van der Waals surface area contributed by atoms with E-state index in [9.17, 15) is 17.3 Å². The standard InChI is InChI=1S/C28H27O2.BF4/c1-2-3-10-19-29-26-17-15-24(16-18-26)28-21-25(22-11-6-4-7-12-22)20-27(30-28)23-13-8-5-9-14-23;2-1(3,4)5/h4-9,11-18,20-21H,2-3,10,19H2,1H3;/q+1;-1. The zero-order valence-corrected chi connectivity index (χ0v) is 19.5. The highest BCUT2D eigenvalue weighted by Gasteiger charge is 2.21. The second kappa shape index (κ2) is 12.7. The Morgan fingerprint density at radius 3 is 1.63 bits per heavy atom. The Kier molecular flexibility index (Phi) is 9.47. The van der Waals surface area contributed by atoms with Gasteiger partial charge in [-0.25, -0.2) is 4.42 Å². The molecule has 0 atom stereocenters. The topological polar surface area (TPSA) is 20.5 Å². The molecule has 0 saturated heterocycles. The van der Waals surface area contributed by atoms with E-state index in [1.54, 1.807) is 0 Å². The summed E-state index contributed by atoms with van der Waals surface area (Å²) in [7, 11) is -6.00. The first-order valence-corrected chi connectivity index (χ1v) is 11.5. The number of hydrogen-bond acceptors (Lipinski definition) is 1. The van der Waals surface area contributed by atoms with E-state index in [1.807, 2.05) is 36.4 Å². The molecule has 1 aromatic heterocycles. The van der Waals surface area contributed by atoms with Crippen molar-refractivity contribution in [2.75, 3.05) is 6.61 Å². The van der Waals surface area contributed by atoms with Crippen LogP contribution in [-0.2, 0) is 0 Å². The van der Waals surface area contributed by atoms with Gasteiger partial charge in [0.25, 0.3) is 0 Å². The summed E-state index contributed by atoms with van der Waals surface area (Å²) in [5.74, 6) is 2.59. The summed E-state index contributed by atoms with van der Waals surface area (Å²) in [6.07, 6.45) is 3.49. The molecule has 0 saturated carbocycles. The fraction of sp³-hybridized carbons (Fsp3) is 0.179. The summed E-state index contributed by atoms with van der Waals surface area (Å²) < 4.78 is 51.2. The third-order valence-corrected chi connectivity index (χ3v) is 5.11. The fourth-order valence-electron chi connectivity index (χ4n) is 3.44. The second-order valence-electron chi connectivity index (χ2n) is 7.88. The van der Waals surface area contributed by atoms with Crippen LogP contribution in [0.25, 0.3) is 33.8 Å². The third-order valence-electron chi connectivity index (χ3n) is 5.11. The molecule has 0 aliphatic rings. The zero-order valence-electron chi connectivity index (χ0n) is 19.5. The van der Waals surface area contributed by atoms with Gasteiger partial charge in [-0.3, -0.25) is 0 Å². The Morgan fingerprint density at radius 2 is 1.11 bits per heavy atom. The Balaban J connectivity index is 0.000000623. The van der Waals surface area contributed by atoms with Crippen LogP contribution >= 0.6 is 0 Å². The Labute approximate surface area is 203 Å². The van der Waals surface area contributed by atoms with Crippen molar-refractivity contribution in [1.82, 2.24) is 0 Å². The summed E-state index contributed by atoms with van der Waals surface area (Å²) in [6.45, 7) is 2.96. The minimum atomic E-state index is -6.00. The van der Waals surface area contributed by atoms with Crippen molar-refractivity contribution in [2.45, 2.75) is 26.2 Å². The van der Waals surface area contributed by atoms with Crippen molar-refractivity contribution in [3.63, 3.8) is 0 Å². The maximum atomic E-state index is 9.75. The van der Waals surface area contributed by atoms with E-state index in [0.29, 0.717) is 0 Å². The van der Waals surface area contributed by atoms with Crippen LogP contribution in [0, 0.1) is 0 Å². The van der Waals surface area contributed by atoms with Crippen LogP contribution < -0.4 is 4.74 Å². The first-order chi connectivity index (χ1) is 16.8. The molecular formula is C28H27BF4O2. The molecule has 0 aliphatic carbocycles. The van der Waals surface area contributed by atoms with E-state index in [0.717, 1.165) is 47.0 Å². The average molecular weight is 482 g/mol. The highest BCUT2D eigenvalue weighted by molar-refractivity contribution is 6.50. The van der Waals surface area contributed by atoms with E-state index in [4.69, 9.17) is 9.15 Å². The van der Waals surface area contributed by atoms with E-state index >= 15 is 0 Å². The average Bonchev–Trinajstić information content (AvgIpc) is 2.87. The molecule has 35 heavy (non-hydrogen) atoms. The molecule has 7 heteroatoms. The number of halogens is 4.